The molecule has 0 rings (SSSR count). The summed E-state index contributed by atoms with van der Waals surface area (Å²) in [4.78, 5) is 8.05. The highest BCUT2D eigenvalue weighted by atomic mass is 31.2. The summed E-state index contributed by atoms with van der Waals surface area (Å²) in [5.41, 5.74) is 0. The fraction of sp³-hybridized carbons (Fsp3) is 1.00. The molecule has 0 saturated heterocycles. The van der Waals surface area contributed by atoms with Gasteiger partial charge in [-0.25, -0.2) is 8.62 Å². The first-order valence-corrected chi connectivity index (χ1v) is 5.98. The second-order valence-corrected chi connectivity index (χ2v) is 4.75. The van der Waals surface area contributed by atoms with Crippen molar-refractivity contribution >= 4 is 24.8 Å². The van der Waals surface area contributed by atoms with Crippen molar-refractivity contribution in [1.82, 2.24) is 0 Å². The first kappa shape index (κ1) is 11.5. The molecular weight excluding hydrogens is 217 g/mol. The van der Waals surface area contributed by atoms with Crippen LogP contribution < -0.4 is 0 Å². The Morgan fingerprint density at radius 2 is 1.64 bits per heavy atom. The molecule has 0 saturated carbocycles. The normalized spacial score (nSPS) is 19.1. The lowest BCUT2D eigenvalue weighted by Gasteiger charge is -1.99. The van der Waals surface area contributed by atoms with E-state index in [2.05, 4.69) is 13.1 Å². The molecule has 10 heteroatoms. The highest BCUT2D eigenvalue weighted by Crippen LogP contribution is 2.44. The van der Waals surface area contributed by atoms with Gasteiger partial charge in [0.05, 0.1) is 0 Å². The fourth-order valence-corrected chi connectivity index (χ4v) is 2.19. The summed E-state index contributed by atoms with van der Waals surface area (Å²) in [7, 11) is -8.23. The van der Waals surface area contributed by atoms with Gasteiger partial charge in [-0.15, -0.1) is 0 Å². The molecule has 0 bridgehead atoms. The van der Waals surface area contributed by atoms with Crippen LogP contribution in [-0.2, 0) is 26.8 Å². The first-order chi connectivity index (χ1) is 5.06. The van der Waals surface area contributed by atoms with Gasteiger partial charge in [0.2, 0.25) is 0 Å². The molecule has 0 amide bonds. The Balaban J connectivity index is 3.70. The van der Waals surface area contributed by atoms with E-state index in [1.807, 2.05) is 0 Å². The molecule has 0 aromatic heterocycles. The van der Waals surface area contributed by atoms with Crippen molar-refractivity contribution < 1.29 is 31.7 Å². The van der Waals surface area contributed by atoms with Gasteiger partial charge < -0.3 is 9.42 Å². The maximum absolute atomic E-state index is 10.4. The Hall–Kier alpha value is 0.530. The van der Waals surface area contributed by atoms with Crippen molar-refractivity contribution in [2.45, 2.75) is 0 Å². The van der Waals surface area contributed by atoms with Crippen molar-refractivity contribution in [3.05, 3.63) is 0 Å². The van der Waals surface area contributed by atoms with Gasteiger partial charge in [0.25, 0.3) is 0 Å². The maximum Gasteiger partial charge on any atom is 0.333 e. The molecule has 0 aliphatic heterocycles. The zero-order valence-corrected chi connectivity index (χ0v) is 8.40. The summed E-state index contributed by atoms with van der Waals surface area (Å²) in [5.74, 6) is 0. The van der Waals surface area contributed by atoms with Gasteiger partial charge in [0.1, 0.15) is 0 Å². The minimum Gasteiger partial charge on any atom is -0.326 e. The Morgan fingerprint density at radius 3 is 2.00 bits per heavy atom. The second-order valence-electron chi connectivity index (χ2n) is 1.17. The van der Waals surface area contributed by atoms with E-state index in [1.165, 1.54) is 0 Å². The summed E-state index contributed by atoms with van der Waals surface area (Å²) in [6.07, 6.45) is 0. The molecule has 11 heavy (non-hydrogen) atoms. The van der Waals surface area contributed by atoms with Gasteiger partial charge in [0.15, 0.2) is 0 Å². The molecule has 0 spiro atoms. The van der Waals surface area contributed by atoms with E-state index in [1.54, 1.807) is 0 Å². The van der Waals surface area contributed by atoms with E-state index in [9.17, 15) is 13.7 Å². The van der Waals surface area contributed by atoms with Crippen molar-refractivity contribution in [1.29, 1.82) is 0 Å². The molecule has 3 unspecified atom stereocenters. The molecule has 0 radical (unpaired) electrons. The Labute approximate surface area is 64.5 Å². The molecule has 1 N–H and O–H groups in total. The quantitative estimate of drug-likeness (QED) is 0.690. The summed E-state index contributed by atoms with van der Waals surface area (Å²) >= 11 is 0. The van der Waals surface area contributed by atoms with E-state index in [4.69, 9.17) is 4.89 Å². The Bertz CT molecular complexity index is 186. The average molecular weight is 224 g/mol. The highest BCUT2D eigenvalue weighted by Gasteiger charge is 2.06. The van der Waals surface area contributed by atoms with Crippen LogP contribution >= 0.6 is 24.8 Å². The van der Waals surface area contributed by atoms with Crippen LogP contribution in [0.1, 0.15) is 0 Å². The summed E-state index contributed by atoms with van der Waals surface area (Å²) in [6.45, 7) is 0. The van der Waals surface area contributed by atoms with Gasteiger partial charge >= 0.3 is 24.8 Å². The van der Waals surface area contributed by atoms with Crippen LogP contribution in [0.3, 0.4) is 0 Å². The summed E-state index contributed by atoms with van der Waals surface area (Å²) in [5, 5.41) is 0. The van der Waals surface area contributed by atoms with Gasteiger partial charge in [-0.05, 0) is 0 Å². The number of hydrogen-bond acceptors (Lipinski definition) is 6. The predicted molar refractivity (Wildman–Crippen MR) is 38.4 cm³/mol. The molecule has 7 nitrogen and oxygen atoms in total. The van der Waals surface area contributed by atoms with E-state index >= 15 is 0 Å². The third kappa shape index (κ3) is 6.91. The van der Waals surface area contributed by atoms with Crippen LogP contribution in [0.15, 0.2) is 0 Å². The van der Waals surface area contributed by atoms with E-state index in [0.29, 0.717) is 0 Å². The molecule has 0 heterocycles. The third-order valence-corrected chi connectivity index (χ3v) is 3.54. The monoisotopic (exact) mass is 224 g/mol. The minimum atomic E-state index is -3.31. The zero-order valence-electron chi connectivity index (χ0n) is 5.40. The largest absolute Gasteiger partial charge is 0.333 e. The first-order valence-electron chi connectivity index (χ1n) is 2.26. The topological polar surface area (TPSA) is 99.1 Å². The Morgan fingerprint density at radius 1 is 1.09 bits per heavy atom. The molecule has 0 aromatic rings. The zero-order chi connectivity index (χ0) is 8.85. The standard InChI is InChI=1S/CH7O7P3/c1-6-10(4)8-11(5)7-9(2)3/h9-11H,1H3,(H,2,3). The van der Waals surface area contributed by atoms with Crippen LogP contribution in [0.25, 0.3) is 0 Å². The van der Waals surface area contributed by atoms with Crippen LogP contribution in [0.2, 0.25) is 0 Å². The smallest absolute Gasteiger partial charge is 0.326 e. The van der Waals surface area contributed by atoms with Crippen LogP contribution in [0, 0.1) is 0 Å². The fourth-order valence-electron chi connectivity index (χ4n) is 0.202. The van der Waals surface area contributed by atoms with Crippen molar-refractivity contribution in [2.24, 2.45) is 0 Å². The molecule has 3 atom stereocenters. The van der Waals surface area contributed by atoms with Crippen LogP contribution in [0.4, 0.5) is 0 Å². The van der Waals surface area contributed by atoms with E-state index < -0.39 is 24.8 Å². The number of rotatable bonds is 5. The van der Waals surface area contributed by atoms with Gasteiger partial charge in [0, 0.05) is 7.11 Å². The maximum atomic E-state index is 10.4. The summed E-state index contributed by atoms with van der Waals surface area (Å²) in [6, 6.07) is 0. The molecular formula is CH7O7P3. The van der Waals surface area contributed by atoms with Crippen molar-refractivity contribution in [2.75, 3.05) is 7.11 Å². The minimum absolute atomic E-state index is 1.08. The molecule has 68 valence electrons. The third-order valence-electron chi connectivity index (χ3n) is 0.504. The molecule has 0 fully saturated rings. The van der Waals surface area contributed by atoms with Gasteiger partial charge in [-0.1, -0.05) is 0 Å². The van der Waals surface area contributed by atoms with E-state index in [-0.39, 0.29) is 0 Å². The number of hydrogen-bond donors (Lipinski definition) is 1. The van der Waals surface area contributed by atoms with Crippen molar-refractivity contribution in [3.8, 4) is 0 Å². The van der Waals surface area contributed by atoms with Gasteiger partial charge in [-0.2, -0.15) is 0 Å². The average Bonchev–Trinajstić information content (AvgIpc) is 1.85. The highest BCUT2D eigenvalue weighted by molar-refractivity contribution is 7.53. The van der Waals surface area contributed by atoms with Crippen LogP contribution in [-0.4, -0.2) is 12.0 Å². The Kier molecular flexibility index (Phi) is 6.38. The predicted octanol–water partition coefficient (Wildman–Crippen LogP) is 0.827. The lowest BCUT2D eigenvalue weighted by atomic mass is 11.8. The van der Waals surface area contributed by atoms with Gasteiger partial charge in [-0.3, -0.25) is 13.7 Å². The molecule has 0 aliphatic carbocycles. The molecule has 0 aromatic carbocycles. The van der Waals surface area contributed by atoms with Crippen molar-refractivity contribution in [3.63, 3.8) is 0 Å². The molecule has 0 aliphatic rings. The lowest BCUT2D eigenvalue weighted by Crippen LogP contribution is -1.70. The van der Waals surface area contributed by atoms with E-state index in [0.717, 1.165) is 7.11 Å². The second kappa shape index (κ2) is 6.09. The SMILES string of the molecule is CO[PH](=O)O[PH](=O)O[PH](=O)O. The van der Waals surface area contributed by atoms with Crippen LogP contribution in [0.5, 0.6) is 0 Å². The lowest BCUT2D eigenvalue weighted by molar-refractivity contribution is 0.327. The summed E-state index contributed by atoms with van der Waals surface area (Å²) < 4.78 is 42.5.